The lowest BCUT2D eigenvalue weighted by Gasteiger charge is -2.07. The third-order valence-corrected chi connectivity index (χ3v) is 4.08. The monoisotopic (exact) mass is 331 g/mol. The standard InChI is InChI=1S/C18H17N7/c1-19-14-6-2-12(3-7-14)10-20-16-9-17(22-11-21-16)23-18-8-15(24-25-18)13-4-5-13/h2-3,6-9,11,13H,4-5,10H2,(H3,20,21,22,23,24,25). The maximum atomic E-state index is 6.97. The first-order chi connectivity index (χ1) is 12.3. The van der Waals surface area contributed by atoms with Crippen molar-refractivity contribution >= 4 is 23.1 Å². The average molecular weight is 331 g/mol. The normalized spacial score (nSPS) is 13.2. The van der Waals surface area contributed by atoms with Gasteiger partial charge in [0.25, 0.3) is 0 Å². The van der Waals surface area contributed by atoms with Crippen LogP contribution in [0.4, 0.5) is 23.1 Å². The quantitative estimate of drug-likeness (QED) is 0.595. The fourth-order valence-corrected chi connectivity index (χ4v) is 2.54. The lowest BCUT2D eigenvalue weighted by Crippen LogP contribution is -2.03. The molecule has 1 aliphatic carbocycles. The highest BCUT2D eigenvalue weighted by Gasteiger charge is 2.25. The lowest BCUT2D eigenvalue weighted by atomic mass is 10.2. The predicted molar refractivity (Wildman–Crippen MR) is 95.9 cm³/mol. The second-order valence-corrected chi connectivity index (χ2v) is 6.03. The third kappa shape index (κ3) is 3.75. The van der Waals surface area contributed by atoms with Crippen LogP contribution in [-0.4, -0.2) is 20.2 Å². The van der Waals surface area contributed by atoms with E-state index < -0.39 is 0 Å². The third-order valence-electron chi connectivity index (χ3n) is 4.08. The molecule has 0 unspecified atom stereocenters. The minimum absolute atomic E-state index is 0.628. The molecule has 0 radical (unpaired) electrons. The molecule has 2 heterocycles. The van der Waals surface area contributed by atoms with Crippen molar-refractivity contribution in [2.24, 2.45) is 0 Å². The van der Waals surface area contributed by atoms with Crippen LogP contribution in [0.25, 0.3) is 4.85 Å². The van der Waals surface area contributed by atoms with Gasteiger partial charge in [-0.25, -0.2) is 14.8 Å². The molecule has 25 heavy (non-hydrogen) atoms. The van der Waals surface area contributed by atoms with Crippen LogP contribution in [0.1, 0.15) is 30.0 Å². The molecule has 124 valence electrons. The zero-order valence-electron chi connectivity index (χ0n) is 13.5. The van der Waals surface area contributed by atoms with Crippen molar-refractivity contribution in [2.75, 3.05) is 10.6 Å². The molecule has 0 amide bonds. The molecule has 0 spiro atoms. The van der Waals surface area contributed by atoms with Gasteiger partial charge in [0.1, 0.15) is 18.0 Å². The maximum absolute atomic E-state index is 6.97. The molecule has 0 aliphatic heterocycles. The highest BCUT2D eigenvalue weighted by Crippen LogP contribution is 2.39. The van der Waals surface area contributed by atoms with Gasteiger partial charge < -0.3 is 10.6 Å². The number of aromatic nitrogens is 4. The van der Waals surface area contributed by atoms with Crippen molar-refractivity contribution < 1.29 is 0 Å². The van der Waals surface area contributed by atoms with E-state index in [2.05, 4.69) is 35.6 Å². The summed E-state index contributed by atoms with van der Waals surface area (Å²) in [5.41, 5.74) is 2.90. The first-order valence-electron chi connectivity index (χ1n) is 8.15. The van der Waals surface area contributed by atoms with Gasteiger partial charge in [0.2, 0.25) is 0 Å². The van der Waals surface area contributed by atoms with Crippen LogP contribution in [0.3, 0.4) is 0 Å². The zero-order chi connectivity index (χ0) is 17.1. The minimum atomic E-state index is 0.628. The van der Waals surface area contributed by atoms with E-state index in [4.69, 9.17) is 6.57 Å². The van der Waals surface area contributed by atoms with Gasteiger partial charge in [-0.15, -0.1) is 0 Å². The van der Waals surface area contributed by atoms with Gasteiger partial charge in [0.05, 0.1) is 6.57 Å². The summed E-state index contributed by atoms with van der Waals surface area (Å²) in [5, 5.41) is 13.8. The van der Waals surface area contributed by atoms with Crippen LogP contribution < -0.4 is 10.6 Å². The van der Waals surface area contributed by atoms with Crippen molar-refractivity contribution in [3.63, 3.8) is 0 Å². The topological polar surface area (TPSA) is 82.9 Å². The van der Waals surface area contributed by atoms with Gasteiger partial charge in [0, 0.05) is 30.3 Å². The fourth-order valence-electron chi connectivity index (χ4n) is 2.54. The van der Waals surface area contributed by atoms with Crippen molar-refractivity contribution in [3.8, 4) is 0 Å². The Bertz CT molecular complexity index is 904. The Balaban J connectivity index is 1.39. The molecular weight excluding hydrogens is 314 g/mol. The summed E-state index contributed by atoms with van der Waals surface area (Å²) in [6, 6.07) is 11.4. The van der Waals surface area contributed by atoms with E-state index in [-0.39, 0.29) is 0 Å². The Morgan fingerprint density at radius 2 is 1.88 bits per heavy atom. The molecule has 0 saturated heterocycles. The number of rotatable bonds is 6. The Morgan fingerprint density at radius 1 is 1.08 bits per heavy atom. The molecule has 7 heteroatoms. The summed E-state index contributed by atoms with van der Waals surface area (Å²) in [5.74, 6) is 2.82. The van der Waals surface area contributed by atoms with Crippen LogP contribution in [0.5, 0.6) is 0 Å². The number of hydrogen-bond donors (Lipinski definition) is 3. The van der Waals surface area contributed by atoms with Gasteiger partial charge in [0.15, 0.2) is 11.5 Å². The van der Waals surface area contributed by atoms with E-state index in [0.29, 0.717) is 24.0 Å². The highest BCUT2D eigenvalue weighted by atomic mass is 15.2. The van der Waals surface area contributed by atoms with Gasteiger partial charge in [-0.05, 0) is 18.4 Å². The second-order valence-electron chi connectivity index (χ2n) is 6.03. The molecule has 1 aliphatic rings. The molecule has 0 bridgehead atoms. The number of nitrogens with zero attached hydrogens (tertiary/aromatic N) is 4. The van der Waals surface area contributed by atoms with Gasteiger partial charge in [-0.2, -0.15) is 5.10 Å². The Labute approximate surface area is 145 Å². The van der Waals surface area contributed by atoms with Crippen LogP contribution in [0.15, 0.2) is 42.7 Å². The Hall–Kier alpha value is -3.40. The number of benzene rings is 1. The van der Waals surface area contributed by atoms with E-state index in [1.165, 1.54) is 24.9 Å². The van der Waals surface area contributed by atoms with Gasteiger partial charge in [-0.1, -0.05) is 24.3 Å². The van der Waals surface area contributed by atoms with Crippen molar-refractivity contribution in [1.29, 1.82) is 0 Å². The molecule has 1 saturated carbocycles. The largest absolute Gasteiger partial charge is 0.366 e. The molecule has 3 N–H and O–H groups in total. The molecular formula is C18H17N7. The second kappa shape index (κ2) is 6.61. The number of hydrogen-bond acceptors (Lipinski definition) is 5. The molecule has 7 nitrogen and oxygen atoms in total. The lowest BCUT2D eigenvalue weighted by molar-refractivity contribution is 0.966. The Kier molecular flexibility index (Phi) is 4.01. The first-order valence-corrected chi connectivity index (χ1v) is 8.15. The van der Waals surface area contributed by atoms with Crippen molar-refractivity contribution in [2.45, 2.75) is 25.3 Å². The van der Waals surface area contributed by atoms with E-state index in [0.717, 1.165) is 17.2 Å². The summed E-state index contributed by atoms with van der Waals surface area (Å²) >= 11 is 0. The van der Waals surface area contributed by atoms with Crippen LogP contribution in [0, 0.1) is 6.57 Å². The molecule has 1 fully saturated rings. The van der Waals surface area contributed by atoms with Gasteiger partial charge in [-0.3, -0.25) is 5.10 Å². The summed E-state index contributed by atoms with van der Waals surface area (Å²) in [4.78, 5) is 11.9. The smallest absolute Gasteiger partial charge is 0.187 e. The molecule has 0 atom stereocenters. The van der Waals surface area contributed by atoms with E-state index in [1.807, 2.05) is 36.4 Å². The molecule has 1 aromatic carbocycles. The zero-order valence-corrected chi connectivity index (χ0v) is 13.5. The molecule has 4 rings (SSSR count). The fraction of sp³-hybridized carbons (Fsp3) is 0.222. The average Bonchev–Trinajstić information content (AvgIpc) is 3.40. The van der Waals surface area contributed by atoms with Gasteiger partial charge >= 0.3 is 0 Å². The first kappa shape index (κ1) is 15.1. The summed E-state index contributed by atoms with van der Waals surface area (Å²) in [6.07, 6.45) is 3.99. The molecule has 3 aromatic rings. The summed E-state index contributed by atoms with van der Waals surface area (Å²) < 4.78 is 0. The van der Waals surface area contributed by atoms with E-state index in [1.54, 1.807) is 0 Å². The van der Waals surface area contributed by atoms with Crippen LogP contribution in [0.2, 0.25) is 0 Å². The molecule has 2 aromatic heterocycles. The van der Waals surface area contributed by atoms with Crippen molar-refractivity contribution in [1.82, 2.24) is 20.2 Å². The number of nitrogens with one attached hydrogen (secondary N) is 3. The van der Waals surface area contributed by atoms with Crippen LogP contribution in [-0.2, 0) is 6.54 Å². The maximum Gasteiger partial charge on any atom is 0.187 e. The highest BCUT2D eigenvalue weighted by molar-refractivity contribution is 5.56. The summed E-state index contributed by atoms with van der Waals surface area (Å²) in [6.45, 7) is 7.60. The van der Waals surface area contributed by atoms with E-state index in [9.17, 15) is 0 Å². The summed E-state index contributed by atoms with van der Waals surface area (Å²) in [7, 11) is 0. The van der Waals surface area contributed by atoms with Crippen molar-refractivity contribution in [3.05, 3.63) is 65.4 Å². The van der Waals surface area contributed by atoms with E-state index >= 15 is 0 Å². The van der Waals surface area contributed by atoms with Crippen LogP contribution >= 0.6 is 0 Å². The SMILES string of the molecule is [C-]#[N+]c1ccc(CNc2cc(Nc3cc(C4CC4)[nH]n3)ncn2)cc1. The number of aromatic amines is 1. The predicted octanol–water partition coefficient (Wildman–Crippen LogP) is 3.98. The Morgan fingerprint density at radius 3 is 2.64 bits per heavy atom. The number of H-pyrrole nitrogens is 1. The number of anilines is 3. The minimum Gasteiger partial charge on any atom is -0.366 e.